The molecule has 2 saturated heterocycles. The van der Waals surface area contributed by atoms with Crippen LogP contribution in [0.15, 0.2) is 115 Å². The standard InChI is InChI=1S/C44H45N3/c1-41(2)27-42(3,4)47-40-45(41)38-36(31-23-15-10-16-24-31)34(29-19-11-8-12-20-29)35(30-21-13-9-14-22-30)37-32-25-17-18-26-33(32)44(7,28-43(47,5)6)46(40)39(37)38/h8-26,40H,27-28H2,1-7H3. The molecule has 47 heavy (non-hydrogen) atoms. The molecule has 4 aliphatic heterocycles. The maximum Gasteiger partial charge on any atom is 0.162 e. The van der Waals surface area contributed by atoms with Crippen LogP contribution in [0.3, 0.4) is 0 Å². The van der Waals surface area contributed by atoms with Gasteiger partial charge in [0.15, 0.2) is 6.29 Å². The first-order valence-electron chi connectivity index (χ1n) is 17.3. The molecule has 236 valence electrons. The van der Waals surface area contributed by atoms with Gasteiger partial charge in [0.05, 0.1) is 16.9 Å². The topological polar surface area (TPSA) is 9.72 Å². The van der Waals surface area contributed by atoms with Gasteiger partial charge in [-0.05, 0) is 89.1 Å². The minimum absolute atomic E-state index is 0.00605. The molecular formula is C44H45N3. The number of nitrogens with zero attached hydrogens (tertiary/aromatic N) is 3. The van der Waals surface area contributed by atoms with Crippen LogP contribution in [0.2, 0.25) is 0 Å². The molecule has 0 radical (unpaired) electrons. The summed E-state index contributed by atoms with van der Waals surface area (Å²) in [7, 11) is 0. The van der Waals surface area contributed by atoms with Gasteiger partial charge in [-0.15, -0.1) is 0 Å². The van der Waals surface area contributed by atoms with Crippen LogP contribution < -0.4 is 9.80 Å². The highest BCUT2D eigenvalue weighted by atomic mass is 15.6. The predicted octanol–water partition coefficient (Wildman–Crippen LogP) is 10.9. The van der Waals surface area contributed by atoms with Crippen molar-refractivity contribution in [1.29, 1.82) is 0 Å². The first kappa shape index (κ1) is 28.8. The van der Waals surface area contributed by atoms with Gasteiger partial charge in [0.25, 0.3) is 0 Å². The van der Waals surface area contributed by atoms with Gasteiger partial charge in [-0.25, -0.2) is 0 Å². The molecule has 0 aromatic heterocycles. The third-order valence-electron chi connectivity index (χ3n) is 11.7. The smallest absolute Gasteiger partial charge is 0.162 e. The van der Waals surface area contributed by atoms with Crippen LogP contribution in [0, 0.1) is 0 Å². The lowest BCUT2D eigenvalue weighted by Gasteiger charge is -2.70. The highest BCUT2D eigenvalue weighted by Gasteiger charge is 2.67. The zero-order valence-electron chi connectivity index (χ0n) is 28.8. The molecule has 0 spiro atoms. The molecule has 4 heterocycles. The zero-order valence-corrected chi connectivity index (χ0v) is 28.8. The molecule has 9 rings (SSSR count). The molecule has 0 aliphatic carbocycles. The Morgan fingerprint density at radius 2 is 0.894 bits per heavy atom. The Hall–Kier alpha value is -4.34. The minimum atomic E-state index is -0.183. The van der Waals surface area contributed by atoms with Gasteiger partial charge in [0.1, 0.15) is 0 Å². The number of benzene rings is 5. The Morgan fingerprint density at radius 1 is 0.447 bits per heavy atom. The van der Waals surface area contributed by atoms with Crippen molar-refractivity contribution in [3.63, 3.8) is 0 Å². The molecule has 5 aromatic carbocycles. The van der Waals surface area contributed by atoms with Crippen LogP contribution in [0.25, 0.3) is 44.5 Å². The Labute approximate surface area is 280 Å². The third-order valence-corrected chi connectivity index (χ3v) is 11.7. The lowest BCUT2D eigenvalue weighted by molar-refractivity contribution is -0.110. The molecule has 0 saturated carbocycles. The first-order valence-corrected chi connectivity index (χ1v) is 17.3. The summed E-state index contributed by atoms with van der Waals surface area (Å²) in [6.07, 6.45) is 2.20. The van der Waals surface area contributed by atoms with Crippen molar-refractivity contribution in [2.75, 3.05) is 9.80 Å². The minimum Gasteiger partial charge on any atom is -0.331 e. The largest absolute Gasteiger partial charge is 0.331 e. The summed E-state index contributed by atoms with van der Waals surface area (Å²) in [5, 5.41) is 0. The second-order valence-corrected chi connectivity index (χ2v) is 16.4. The monoisotopic (exact) mass is 615 g/mol. The van der Waals surface area contributed by atoms with Gasteiger partial charge < -0.3 is 9.80 Å². The second-order valence-electron chi connectivity index (χ2n) is 16.4. The molecule has 0 N–H and O–H groups in total. The van der Waals surface area contributed by atoms with Crippen LogP contribution in [-0.4, -0.2) is 27.8 Å². The summed E-state index contributed by atoms with van der Waals surface area (Å²) >= 11 is 0. The van der Waals surface area contributed by atoms with Gasteiger partial charge >= 0.3 is 0 Å². The SMILES string of the molecule is CC1(C)CC(C)(C)N2C3N1c1c(-c4ccccc4)c(-c4ccccc4)c(-c4ccccc4)c4c1N3C(C)(CC2(C)C)c1ccccc1-4. The van der Waals surface area contributed by atoms with Crippen molar-refractivity contribution in [3.05, 3.63) is 121 Å². The molecule has 0 amide bonds. The first-order chi connectivity index (χ1) is 22.5. The highest BCUT2D eigenvalue weighted by Crippen LogP contribution is 2.70. The number of hydrogen-bond donors (Lipinski definition) is 0. The summed E-state index contributed by atoms with van der Waals surface area (Å²) in [6, 6.07) is 42.9. The van der Waals surface area contributed by atoms with E-state index in [1.54, 1.807) is 0 Å². The van der Waals surface area contributed by atoms with Gasteiger partial charge in [-0.3, -0.25) is 4.90 Å². The molecule has 2 atom stereocenters. The van der Waals surface area contributed by atoms with Gasteiger partial charge in [-0.2, -0.15) is 0 Å². The van der Waals surface area contributed by atoms with Crippen LogP contribution in [0.5, 0.6) is 0 Å². The van der Waals surface area contributed by atoms with E-state index >= 15 is 0 Å². The summed E-state index contributed by atoms with van der Waals surface area (Å²) in [4.78, 5) is 8.61. The van der Waals surface area contributed by atoms with E-state index < -0.39 is 0 Å². The fourth-order valence-electron chi connectivity index (χ4n) is 10.9. The lowest BCUT2D eigenvalue weighted by Crippen LogP contribution is -2.81. The number of hydrogen-bond acceptors (Lipinski definition) is 3. The molecule has 2 unspecified atom stereocenters. The maximum absolute atomic E-state index is 2.88. The molecule has 4 aliphatic rings. The lowest BCUT2D eigenvalue weighted by atomic mass is 9.68. The van der Waals surface area contributed by atoms with Crippen LogP contribution in [0.4, 0.5) is 11.4 Å². The van der Waals surface area contributed by atoms with Gasteiger partial charge in [0.2, 0.25) is 0 Å². The fourth-order valence-corrected chi connectivity index (χ4v) is 10.9. The number of fused-ring (bicyclic) bond motifs is 4. The number of rotatable bonds is 3. The molecule has 3 nitrogen and oxygen atoms in total. The predicted molar refractivity (Wildman–Crippen MR) is 198 cm³/mol. The van der Waals surface area contributed by atoms with E-state index in [2.05, 4.69) is 178 Å². The average Bonchev–Trinajstić information content (AvgIpc) is 3.40. The van der Waals surface area contributed by atoms with E-state index in [4.69, 9.17) is 0 Å². The van der Waals surface area contributed by atoms with Gasteiger partial charge in [0, 0.05) is 38.9 Å². The Morgan fingerprint density at radius 3 is 1.47 bits per heavy atom. The summed E-state index contributed by atoms with van der Waals surface area (Å²) in [5.74, 6) is 0. The van der Waals surface area contributed by atoms with Crippen molar-refractivity contribution >= 4 is 11.4 Å². The molecule has 2 fully saturated rings. The van der Waals surface area contributed by atoms with E-state index in [-0.39, 0.29) is 28.4 Å². The zero-order chi connectivity index (χ0) is 32.5. The molecular weight excluding hydrogens is 571 g/mol. The molecule has 0 bridgehead atoms. The van der Waals surface area contributed by atoms with E-state index in [1.165, 1.54) is 61.4 Å². The van der Waals surface area contributed by atoms with Crippen molar-refractivity contribution in [2.24, 2.45) is 0 Å². The summed E-state index contributed by atoms with van der Waals surface area (Å²) < 4.78 is 0. The average molecular weight is 616 g/mol. The van der Waals surface area contributed by atoms with Crippen LogP contribution >= 0.6 is 0 Å². The maximum atomic E-state index is 2.88. The Balaban J connectivity index is 1.56. The van der Waals surface area contributed by atoms with Crippen LogP contribution in [-0.2, 0) is 5.54 Å². The summed E-state index contributed by atoms with van der Waals surface area (Å²) in [5.41, 5.74) is 14.5. The van der Waals surface area contributed by atoms with Crippen molar-refractivity contribution in [1.82, 2.24) is 4.90 Å². The molecule has 5 aromatic rings. The van der Waals surface area contributed by atoms with Crippen molar-refractivity contribution in [3.8, 4) is 44.5 Å². The van der Waals surface area contributed by atoms with E-state index in [1.807, 2.05) is 0 Å². The Bertz CT molecular complexity index is 2040. The second kappa shape index (κ2) is 9.39. The Kier molecular flexibility index (Phi) is 5.76. The van der Waals surface area contributed by atoms with E-state index in [0.29, 0.717) is 0 Å². The van der Waals surface area contributed by atoms with E-state index in [9.17, 15) is 0 Å². The molecule has 3 heteroatoms. The van der Waals surface area contributed by atoms with Crippen molar-refractivity contribution in [2.45, 2.75) is 89.8 Å². The van der Waals surface area contributed by atoms with E-state index in [0.717, 1.165) is 12.8 Å². The normalized spacial score (nSPS) is 24.1. The number of anilines is 2. The quantitative estimate of drug-likeness (QED) is 0.200. The third kappa shape index (κ3) is 3.72. The fraction of sp³-hybridized carbons (Fsp3) is 0.318. The summed E-state index contributed by atoms with van der Waals surface area (Å²) in [6.45, 7) is 17.5. The van der Waals surface area contributed by atoms with Gasteiger partial charge in [-0.1, -0.05) is 115 Å². The highest BCUT2D eigenvalue weighted by molar-refractivity contribution is 6.16. The van der Waals surface area contributed by atoms with Crippen molar-refractivity contribution < 1.29 is 0 Å². The van der Waals surface area contributed by atoms with Crippen LogP contribution in [0.1, 0.15) is 66.9 Å².